The van der Waals surface area contributed by atoms with Gasteiger partial charge in [0.05, 0.1) is 27.6 Å². The van der Waals surface area contributed by atoms with Crippen molar-refractivity contribution in [3.8, 4) is 0 Å². The van der Waals surface area contributed by atoms with E-state index in [1.165, 1.54) is 11.3 Å². The van der Waals surface area contributed by atoms with E-state index in [0.29, 0.717) is 10.8 Å². The summed E-state index contributed by atoms with van der Waals surface area (Å²) in [7, 11) is 0. The lowest BCUT2D eigenvalue weighted by Gasteiger charge is -2.11. The molecule has 0 aliphatic heterocycles. The average Bonchev–Trinajstić information content (AvgIpc) is 3.34. The first-order chi connectivity index (χ1) is 13.5. The van der Waals surface area contributed by atoms with E-state index in [1.54, 1.807) is 0 Å². The van der Waals surface area contributed by atoms with Gasteiger partial charge in [-0.15, -0.1) is 11.3 Å². The van der Waals surface area contributed by atoms with Gasteiger partial charge in [0.15, 0.2) is 0 Å². The minimum absolute atomic E-state index is 0.0965. The number of hydrogen-bond donors (Lipinski definition) is 2. The van der Waals surface area contributed by atoms with Gasteiger partial charge in [-0.25, -0.2) is 15.0 Å². The molecule has 0 bridgehead atoms. The van der Waals surface area contributed by atoms with Crippen LogP contribution in [0.4, 0.5) is 0 Å². The molecule has 28 heavy (non-hydrogen) atoms. The lowest BCUT2D eigenvalue weighted by molar-refractivity contribution is 0.0942. The Labute approximate surface area is 166 Å². The van der Waals surface area contributed by atoms with Crippen LogP contribution in [0.5, 0.6) is 0 Å². The Morgan fingerprint density at radius 3 is 2.75 bits per heavy atom. The van der Waals surface area contributed by atoms with Crippen LogP contribution in [0, 0.1) is 13.8 Å². The van der Waals surface area contributed by atoms with Gasteiger partial charge < -0.3 is 10.3 Å². The molecule has 6 nitrogen and oxygen atoms in total. The summed E-state index contributed by atoms with van der Waals surface area (Å²) in [5.41, 5.74) is 3.78. The molecule has 1 saturated carbocycles. The van der Waals surface area contributed by atoms with E-state index in [4.69, 9.17) is 4.98 Å². The molecular formula is C21H21N5OS. The minimum atomic E-state index is -0.223. The summed E-state index contributed by atoms with van der Waals surface area (Å²) in [6.45, 7) is 5.93. The number of rotatable bonds is 4. The van der Waals surface area contributed by atoms with Gasteiger partial charge in [-0.05, 0) is 51.3 Å². The van der Waals surface area contributed by atoms with Crippen LogP contribution in [0.25, 0.3) is 21.3 Å². The maximum absolute atomic E-state index is 13.0. The molecule has 4 aromatic rings. The van der Waals surface area contributed by atoms with Crippen LogP contribution < -0.4 is 5.32 Å². The van der Waals surface area contributed by atoms with Crippen LogP contribution in [-0.4, -0.2) is 25.8 Å². The Morgan fingerprint density at radius 1 is 1.21 bits per heavy atom. The number of thiophene rings is 1. The Kier molecular flexibility index (Phi) is 3.94. The highest BCUT2D eigenvalue weighted by Crippen LogP contribution is 2.40. The minimum Gasteiger partial charge on any atom is -0.342 e. The first kappa shape index (κ1) is 17.3. The van der Waals surface area contributed by atoms with Crippen LogP contribution >= 0.6 is 11.3 Å². The summed E-state index contributed by atoms with van der Waals surface area (Å²) in [6, 6.07) is 7.64. The number of hydrogen-bond acceptors (Lipinski definition) is 5. The average molecular weight is 392 g/mol. The molecule has 1 amide bonds. The molecule has 7 heteroatoms. The number of amides is 1. The van der Waals surface area contributed by atoms with Crippen molar-refractivity contribution >= 4 is 38.5 Å². The number of nitrogens with zero attached hydrogens (tertiary/aromatic N) is 3. The highest BCUT2D eigenvalue weighted by molar-refractivity contribution is 7.20. The van der Waals surface area contributed by atoms with Crippen molar-refractivity contribution in [3.63, 3.8) is 0 Å². The number of fused-ring (bicyclic) bond motifs is 2. The number of para-hydroxylation sites is 2. The second kappa shape index (κ2) is 6.38. The number of imidazole rings is 1. The van der Waals surface area contributed by atoms with Crippen LogP contribution in [0.3, 0.4) is 0 Å². The van der Waals surface area contributed by atoms with Gasteiger partial charge in [0.1, 0.15) is 16.5 Å². The van der Waals surface area contributed by atoms with Gasteiger partial charge in [-0.1, -0.05) is 12.1 Å². The van der Waals surface area contributed by atoms with Crippen LogP contribution in [0.1, 0.15) is 64.3 Å². The Hall–Kier alpha value is -2.80. The molecule has 1 fully saturated rings. The summed E-state index contributed by atoms with van der Waals surface area (Å²) in [5, 5.41) is 4.08. The van der Waals surface area contributed by atoms with Crippen molar-refractivity contribution in [2.24, 2.45) is 0 Å². The van der Waals surface area contributed by atoms with Gasteiger partial charge >= 0.3 is 0 Å². The molecule has 0 spiro atoms. The van der Waals surface area contributed by atoms with Crippen LogP contribution in [0.15, 0.2) is 24.3 Å². The van der Waals surface area contributed by atoms with Crippen molar-refractivity contribution in [1.82, 2.24) is 25.3 Å². The van der Waals surface area contributed by atoms with Gasteiger partial charge in [0.2, 0.25) is 0 Å². The smallest absolute Gasteiger partial charge is 0.262 e. The normalized spacial score (nSPS) is 15.2. The standard InChI is InChI=1S/C21H21N5OS/c1-10-16-11(2)22-19(13-8-9-13)26-21(16)28-17(10)20(27)23-12(3)18-24-14-6-4-5-7-15(14)25-18/h4-7,12-13H,8-9H2,1-3H3,(H,23,27)(H,24,25). The molecule has 1 aliphatic rings. The summed E-state index contributed by atoms with van der Waals surface area (Å²) in [6.07, 6.45) is 2.33. The van der Waals surface area contributed by atoms with Crippen molar-refractivity contribution in [2.75, 3.05) is 0 Å². The summed E-state index contributed by atoms with van der Waals surface area (Å²) < 4.78 is 0. The van der Waals surface area contributed by atoms with Crippen molar-refractivity contribution in [3.05, 3.63) is 52.0 Å². The van der Waals surface area contributed by atoms with E-state index in [0.717, 1.165) is 57.0 Å². The largest absolute Gasteiger partial charge is 0.342 e. The maximum atomic E-state index is 13.0. The van der Waals surface area contributed by atoms with Crippen molar-refractivity contribution < 1.29 is 4.79 Å². The van der Waals surface area contributed by atoms with E-state index >= 15 is 0 Å². The quantitative estimate of drug-likeness (QED) is 0.534. The van der Waals surface area contributed by atoms with E-state index in [1.807, 2.05) is 45.0 Å². The first-order valence-corrected chi connectivity index (χ1v) is 10.4. The van der Waals surface area contributed by atoms with Crippen molar-refractivity contribution in [2.45, 2.75) is 45.6 Å². The lowest BCUT2D eigenvalue weighted by Crippen LogP contribution is -2.27. The maximum Gasteiger partial charge on any atom is 0.262 e. The first-order valence-electron chi connectivity index (χ1n) is 9.54. The predicted octanol–water partition coefficient (Wildman–Crippen LogP) is 4.55. The molecule has 5 rings (SSSR count). The third kappa shape index (κ3) is 2.86. The monoisotopic (exact) mass is 391 g/mol. The highest BCUT2D eigenvalue weighted by atomic mass is 32.1. The third-order valence-corrected chi connectivity index (χ3v) is 6.49. The number of aryl methyl sites for hydroxylation is 2. The Bertz CT molecular complexity index is 1190. The molecular weight excluding hydrogens is 370 g/mol. The number of aromatic amines is 1. The van der Waals surface area contributed by atoms with E-state index < -0.39 is 0 Å². The Morgan fingerprint density at radius 2 is 2.00 bits per heavy atom. The van der Waals surface area contributed by atoms with Crippen LogP contribution in [0.2, 0.25) is 0 Å². The molecule has 142 valence electrons. The molecule has 0 saturated heterocycles. The van der Waals surface area contributed by atoms with Gasteiger partial charge in [0, 0.05) is 11.3 Å². The second-order valence-electron chi connectivity index (χ2n) is 7.51. The zero-order valence-electron chi connectivity index (χ0n) is 16.0. The van der Waals surface area contributed by atoms with E-state index in [-0.39, 0.29) is 11.9 Å². The summed E-state index contributed by atoms with van der Waals surface area (Å²) in [5.74, 6) is 2.07. The third-order valence-electron chi connectivity index (χ3n) is 5.30. The fourth-order valence-electron chi connectivity index (χ4n) is 3.61. The number of carbonyl (C=O) groups is 1. The molecule has 1 aromatic carbocycles. The molecule has 1 unspecified atom stereocenters. The second-order valence-corrected chi connectivity index (χ2v) is 8.51. The molecule has 3 aromatic heterocycles. The predicted molar refractivity (Wildman–Crippen MR) is 111 cm³/mol. The number of benzene rings is 1. The molecule has 2 N–H and O–H groups in total. The highest BCUT2D eigenvalue weighted by Gasteiger charge is 2.28. The SMILES string of the molecule is Cc1nc(C2CC2)nc2sc(C(=O)NC(C)c3nc4ccccc4[nH]3)c(C)c12. The molecule has 0 radical (unpaired) electrons. The van der Waals surface area contributed by atoms with Gasteiger partial charge in [-0.2, -0.15) is 0 Å². The van der Waals surface area contributed by atoms with Crippen LogP contribution in [-0.2, 0) is 0 Å². The van der Waals surface area contributed by atoms with Crippen molar-refractivity contribution in [1.29, 1.82) is 0 Å². The van der Waals surface area contributed by atoms with Gasteiger partial charge in [0.25, 0.3) is 5.91 Å². The number of nitrogens with one attached hydrogen (secondary N) is 2. The lowest BCUT2D eigenvalue weighted by atomic mass is 10.1. The molecule has 3 heterocycles. The summed E-state index contributed by atoms with van der Waals surface area (Å²) in [4.78, 5) is 31.9. The topological polar surface area (TPSA) is 83.6 Å². The molecule has 1 aliphatic carbocycles. The van der Waals surface area contributed by atoms with Gasteiger partial charge in [-0.3, -0.25) is 4.79 Å². The fourth-order valence-corrected chi connectivity index (χ4v) is 4.75. The zero-order chi connectivity index (χ0) is 19.4. The summed E-state index contributed by atoms with van der Waals surface area (Å²) >= 11 is 1.45. The Balaban J connectivity index is 1.45. The molecule has 1 atom stereocenters. The number of aromatic nitrogens is 4. The number of carbonyl (C=O) groups excluding carboxylic acids is 1. The number of H-pyrrole nitrogens is 1. The fraction of sp³-hybridized carbons (Fsp3) is 0.333. The van der Waals surface area contributed by atoms with E-state index in [9.17, 15) is 4.79 Å². The zero-order valence-corrected chi connectivity index (χ0v) is 16.9. The van der Waals surface area contributed by atoms with E-state index in [2.05, 4.69) is 20.3 Å².